The van der Waals surface area contributed by atoms with Crippen LogP contribution < -0.4 is 0 Å². The monoisotopic (exact) mass is 171 g/mol. The third-order valence-corrected chi connectivity index (χ3v) is 1.85. The Morgan fingerprint density at radius 2 is 2.33 bits per heavy atom. The van der Waals surface area contributed by atoms with Crippen LogP contribution in [-0.2, 0) is 14.3 Å². The van der Waals surface area contributed by atoms with Gasteiger partial charge < -0.3 is 9.47 Å². The molecule has 12 heavy (non-hydrogen) atoms. The number of hydrogen-bond donors (Lipinski definition) is 0. The molecule has 0 fully saturated rings. The summed E-state index contributed by atoms with van der Waals surface area (Å²) >= 11 is 0. The van der Waals surface area contributed by atoms with Gasteiger partial charge in [-0.3, -0.25) is 0 Å². The summed E-state index contributed by atoms with van der Waals surface area (Å²) in [7, 11) is 1.35. The van der Waals surface area contributed by atoms with E-state index in [1.807, 2.05) is 13.8 Å². The molecule has 0 N–H and O–H groups in total. The van der Waals surface area contributed by atoms with E-state index >= 15 is 0 Å². The number of esters is 1. The summed E-state index contributed by atoms with van der Waals surface area (Å²) < 4.78 is 9.74. The second-order valence-corrected chi connectivity index (χ2v) is 3.07. The van der Waals surface area contributed by atoms with Crippen molar-refractivity contribution in [3.63, 3.8) is 0 Å². The second-order valence-electron chi connectivity index (χ2n) is 3.07. The Morgan fingerprint density at radius 3 is 2.83 bits per heavy atom. The van der Waals surface area contributed by atoms with Crippen LogP contribution in [0.5, 0.6) is 0 Å². The number of methoxy groups -OCH3 is 1. The van der Waals surface area contributed by atoms with Crippen LogP contribution in [0.15, 0.2) is 4.99 Å². The van der Waals surface area contributed by atoms with Crippen molar-refractivity contribution in [2.75, 3.05) is 7.11 Å². The van der Waals surface area contributed by atoms with Crippen molar-refractivity contribution in [2.45, 2.75) is 26.0 Å². The van der Waals surface area contributed by atoms with Crippen molar-refractivity contribution in [3.8, 4) is 0 Å². The maximum absolute atomic E-state index is 11.1. The Kier molecular flexibility index (Phi) is 2.68. The molecule has 4 nitrogen and oxygen atoms in total. The minimum atomic E-state index is -0.477. The topological polar surface area (TPSA) is 47.9 Å². The van der Waals surface area contributed by atoms with Crippen molar-refractivity contribution in [3.05, 3.63) is 0 Å². The molecule has 1 aliphatic heterocycles. The first-order chi connectivity index (χ1) is 5.66. The third-order valence-electron chi connectivity index (χ3n) is 1.85. The maximum Gasteiger partial charge on any atom is 0.334 e. The lowest BCUT2D eigenvalue weighted by Crippen LogP contribution is -2.34. The summed E-state index contributed by atoms with van der Waals surface area (Å²) in [5.74, 6) is -0.0703. The zero-order valence-corrected chi connectivity index (χ0v) is 7.48. The van der Waals surface area contributed by atoms with Gasteiger partial charge in [-0.25, -0.2) is 9.79 Å². The van der Waals surface area contributed by atoms with Gasteiger partial charge in [0.2, 0.25) is 0 Å². The van der Waals surface area contributed by atoms with Crippen LogP contribution in [0.1, 0.15) is 13.8 Å². The van der Waals surface area contributed by atoms with Crippen LogP contribution in [-0.4, -0.2) is 31.6 Å². The molecule has 0 radical (unpaired) electrons. The van der Waals surface area contributed by atoms with E-state index in [4.69, 9.17) is 4.74 Å². The van der Waals surface area contributed by atoms with E-state index in [0.29, 0.717) is 0 Å². The predicted molar refractivity (Wildman–Crippen MR) is 44.0 cm³/mol. The predicted octanol–water partition coefficient (Wildman–Crippen LogP) is 0.611. The molecule has 4 heteroatoms. The molecule has 0 aromatic rings. The summed E-state index contributed by atoms with van der Waals surface area (Å²) in [6.45, 7) is 3.96. The zero-order valence-electron chi connectivity index (χ0n) is 7.48. The van der Waals surface area contributed by atoms with Gasteiger partial charge in [0.15, 0.2) is 12.4 Å². The fourth-order valence-electron chi connectivity index (χ4n) is 1.17. The van der Waals surface area contributed by atoms with E-state index in [0.717, 1.165) is 0 Å². The molecule has 0 spiro atoms. The quantitative estimate of drug-likeness (QED) is 0.572. The Balaban J connectivity index is 2.62. The fourth-order valence-corrected chi connectivity index (χ4v) is 1.17. The molecule has 0 aromatic carbocycles. The highest BCUT2D eigenvalue weighted by Gasteiger charge is 2.35. The standard InChI is InChI=1S/C8H13NO3/c1-5(2)7-6(8(10)11-3)9-4-12-7/h4-7H,1-3H3/t6-,7-/m0/s1. The average Bonchev–Trinajstić information content (AvgIpc) is 2.50. The van der Waals surface area contributed by atoms with E-state index in [1.54, 1.807) is 0 Å². The lowest BCUT2D eigenvalue weighted by Gasteiger charge is -2.18. The number of carbonyl (C=O) groups is 1. The second kappa shape index (κ2) is 3.56. The Morgan fingerprint density at radius 1 is 1.67 bits per heavy atom. The smallest absolute Gasteiger partial charge is 0.334 e. The van der Waals surface area contributed by atoms with Gasteiger partial charge >= 0.3 is 5.97 Å². The number of aliphatic imine (C=N–C) groups is 1. The van der Waals surface area contributed by atoms with Gasteiger partial charge in [-0.1, -0.05) is 13.8 Å². The Bertz CT molecular complexity index is 200. The maximum atomic E-state index is 11.1. The number of hydrogen-bond acceptors (Lipinski definition) is 4. The zero-order chi connectivity index (χ0) is 9.14. The molecule has 68 valence electrons. The van der Waals surface area contributed by atoms with Crippen molar-refractivity contribution >= 4 is 12.4 Å². The van der Waals surface area contributed by atoms with E-state index in [2.05, 4.69) is 9.73 Å². The van der Waals surface area contributed by atoms with Gasteiger partial charge in [-0.2, -0.15) is 0 Å². The number of ether oxygens (including phenoxy) is 2. The number of rotatable bonds is 2. The first-order valence-corrected chi connectivity index (χ1v) is 3.91. The first kappa shape index (κ1) is 9.03. The van der Waals surface area contributed by atoms with Crippen molar-refractivity contribution in [2.24, 2.45) is 10.9 Å². The highest BCUT2D eigenvalue weighted by molar-refractivity contribution is 5.79. The number of carbonyl (C=O) groups excluding carboxylic acids is 1. The van der Waals surface area contributed by atoms with Gasteiger partial charge in [0.1, 0.15) is 6.10 Å². The van der Waals surface area contributed by atoms with Crippen molar-refractivity contribution < 1.29 is 14.3 Å². The summed E-state index contributed by atoms with van der Waals surface area (Å²) in [6, 6.07) is -0.477. The lowest BCUT2D eigenvalue weighted by molar-refractivity contribution is -0.144. The van der Waals surface area contributed by atoms with Crippen LogP contribution >= 0.6 is 0 Å². The van der Waals surface area contributed by atoms with Gasteiger partial charge in [0, 0.05) is 0 Å². The Hall–Kier alpha value is -1.06. The SMILES string of the molecule is COC(=O)[C@H]1N=CO[C@H]1C(C)C. The van der Waals surface area contributed by atoms with Gasteiger partial charge in [-0.05, 0) is 5.92 Å². The molecule has 2 atom stereocenters. The molecule has 1 rings (SSSR count). The number of nitrogens with zero attached hydrogens (tertiary/aromatic N) is 1. The first-order valence-electron chi connectivity index (χ1n) is 3.91. The molecule has 0 saturated heterocycles. The van der Waals surface area contributed by atoms with E-state index in [-0.39, 0.29) is 18.0 Å². The van der Waals surface area contributed by atoms with Crippen molar-refractivity contribution in [1.29, 1.82) is 0 Å². The summed E-state index contributed by atoms with van der Waals surface area (Å²) in [5, 5.41) is 0. The van der Waals surface area contributed by atoms with E-state index in [1.165, 1.54) is 13.5 Å². The fraction of sp³-hybridized carbons (Fsp3) is 0.750. The third kappa shape index (κ3) is 1.57. The van der Waals surface area contributed by atoms with Gasteiger partial charge in [0.25, 0.3) is 0 Å². The molecular formula is C8H13NO3. The summed E-state index contributed by atoms with van der Waals surface area (Å²) in [6.07, 6.45) is 1.16. The minimum Gasteiger partial charge on any atom is -0.477 e. The highest BCUT2D eigenvalue weighted by atomic mass is 16.5. The lowest BCUT2D eigenvalue weighted by atomic mass is 10.0. The largest absolute Gasteiger partial charge is 0.477 e. The highest BCUT2D eigenvalue weighted by Crippen LogP contribution is 2.18. The molecule has 0 unspecified atom stereocenters. The molecule has 0 aromatic heterocycles. The molecule has 0 aliphatic carbocycles. The summed E-state index contributed by atoms with van der Waals surface area (Å²) in [5.41, 5.74) is 0. The van der Waals surface area contributed by atoms with E-state index in [9.17, 15) is 4.79 Å². The molecule has 0 amide bonds. The average molecular weight is 171 g/mol. The van der Waals surface area contributed by atoms with Crippen LogP contribution in [0.25, 0.3) is 0 Å². The van der Waals surface area contributed by atoms with Crippen LogP contribution in [0, 0.1) is 5.92 Å². The molecule has 1 heterocycles. The van der Waals surface area contributed by atoms with Gasteiger partial charge in [0.05, 0.1) is 7.11 Å². The molecular weight excluding hydrogens is 158 g/mol. The van der Waals surface area contributed by atoms with Crippen LogP contribution in [0.3, 0.4) is 0 Å². The van der Waals surface area contributed by atoms with Crippen LogP contribution in [0.4, 0.5) is 0 Å². The van der Waals surface area contributed by atoms with Crippen LogP contribution in [0.2, 0.25) is 0 Å². The molecule has 0 bridgehead atoms. The van der Waals surface area contributed by atoms with Crippen molar-refractivity contribution in [1.82, 2.24) is 0 Å². The van der Waals surface area contributed by atoms with E-state index < -0.39 is 6.04 Å². The Labute approximate surface area is 71.6 Å². The minimum absolute atomic E-state index is 0.169. The summed E-state index contributed by atoms with van der Waals surface area (Å²) in [4.78, 5) is 15.0. The molecule has 1 aliphatic rings. The normalized spacial score (nSPS) is 27.3. The molecule has 0 saturated carbocycles. The van der Waals surface area contributed by atoms with Gasteiger partial charge in [-0.15, -0.1) is 0 Å².